The Morgan fingerprint density at radius 2 is 1.79 bits per heavy atom. The molecule has 3 aromatic rings. The summed E-state index contributed by atoms with van der Waals surface area (Å²) in [4.78, 5) is 15.4. The third kappa shape index (κ3) is 4.06. The average molecular weight is 318 g/mol. The second-order valence-corrected chi connectivity index (χ2v) is 5.59. The summed E-state index contributed by atoms with van der Waals surface area (Å²) in [6.07, 6.45) is 6.74. The summed E-state index contributed by atoms with van der Waals surface area (Å²) in [6.45, 7) is 0. The van der Waals surface area contributed by atoms with Crippen molar-refractivity contribution >= 4 is 22.9 Å². The first-order valence-electron chi connectivity index (χ1n) is 7.79. The molecule has 1 aromatic heterocycles. The number of hydroxylamine groups is 1. The van der Waals surface area contributed by atoms with E-state index in [1.165, 1.54) is 17.2 Å². The van der Waals surface area contributed by atoms with Crippen LogP contribution in [-0.2, 0) is 17.6 Å². The fourth-order valence-corrected chi connectivity index (χ4v) is 2.55. The minimum atomic E-state index is -0.539. The number of carbonyl (C=O) groups is 1. The summed E-state index contributed by atoms with van der Waals surface area (Å²) in [7, 11) is 0. The number of pyridine rings is 1. The first-order valence-corrected chi connectivity index (χ1v) is 7.79. The molecule has 0 aliphatic carbocycles. The van der Waals surface area contributed by atoms with E-state index in [0.29, 0.717) is 0 Å². The maximum absolute atomic E-state index is 11.0. The number of hydrogen-bond donors (Lipinski definition) is 2. The summed E-state index contributed by atoms with van der Waals surface area (Å²) < 4.78 is 0. The van der Waals surface area contributed by atoms with E-state index in [1.54, 1.807) is 11.6 Å². The van der Waals surface area contributed by atoms with Crippen LogP contribution in [0.3, 0.4) is 0 Å². The molecule has 24 heavy (non-hydrogen) atoms. The third-order valence-corrected chi connectivity index (χ3v) is 3.87. The molecule has 2 N–H and O–H groups in total. The van der Waals surface area contributed by atoms with Crippen LogP contribution in [0.1, 0.15) is 16.7 Å². The molecular weight excluding hydrogens is 300 g/mol. The van der Waals surface area contributed by atoms with Gasteiger partial charge in [0.2, 0.25) is 0 Å². The maximum Gasteiger partial charge on any atom is 0.267 e. The lowest BCUT2D eigenvalue weighted by molar-refractivity contribution is -0.124. The van der Waals surface area contributed by atoms with Crippen molar-refractivity contribution in [1.82, 2.24) is 10.5 Å². The number of para-hydroxylation sites is 1. The van der Waals surface area contributed by atoms with E-state index in [2.05, 4.69) is 17.1 Å². The van der Waals surface area contributed by atoms with Gasteiger partial charge in [0.05, 0.1) is 5.52 Å². The molecule has 0 aliphatic heterocycles. The Balaban J connectivity index is 1.63. The number of nitrogens with zero attached hydrogens (tertiary/aromatic N) is 1. The van der Waals surface area contributed by atoms with Crippen LogP contribution in [0.5, 0.6) is 0 Å². The Bertz CT molecular complexity index is 870. The van der Waals surface area contributed by atoms with Crippen LogP contribution in [0.25, 0.3) is 17.0 Å². The number of hydrogen-bond acceptors (Lipinski definition) is 3. The largest absolute Gasteiger partial charge is 0.288 e. The van der Waals surface area contributed by atoms with Gasteiger partial charge in [-0.05, 0) is 47.7 Å². The van der Waals surface area contributed by atoms with Gasteiger partial charge in [0.1, 0.15) is 0 Å². The Kier molecular flexibility index (Phi) is 4.99. The van der Waals surface area contributed by atoms with E-state index in [0.717, 1.165) is 29.3 Å². The average Bonchev–Trinajstić information content (AvgIpc) is 2.65. The van der Waals surface area contributed by atoms with Gasteiger partial charge in [-0.25, -0.2) is 5.48 Å². The molecule has 0 saturated heterocycles. The van der Waals surface area contributed by atoms with Crippen LogP contribution >= 0.6 is 0 Å². The van der Waals surface area contributed by atoms with Crippen LogP contribution in [0.2, 0.25) is 0 Å². The highest BCUT2D eigenvalue weighted by Gasteiger charge is 2.00. The standard InChI is InChI=1S/C20H18N2O2/c23-20(22-24)12-11-16-7-5-15(6-8-16)9-10-17-13-18-3-1-2-4-19(18)21-14-17/h1-8,11-14,24H,9-10H2,(H,22,23)/b12-11+. The highest BCUT2D eigenvalue weighted by molar-refractivity contribution is 5.90. The molecule has 2 aromatic carbocycles. The minimum Gasteiger partial charge on any atom is -0.288 e. The predicted octanol–water partition coefficient (Wildman–Crippen LogP) is 3.54. The van der Waals surface area contributed by atoms with Crippen molar-refractivity contribution in [2.75, 3.05) is 0 Å². The van der Waals surface area contributed by atoms with Crippen molar-refractivity contribution in [2.45, 2.75) is 12.8 Å². The van der Waals surface area contributed by atoms with Crippen LogP contribution in [-0.4, -0.2) is 16.1 Å². The number of rotatable bonds is 5. The normalized spacial score (nSPS) is 11.0. The summed E-state index contributed by atoms with van der Waals surface area (Å²) in [5, 5.41) is 9.61. The summed E-state index contributed by atoms with van der Waals surface area (Å²) in [5.74, 6) is -0.539. The number of amides is 1. The van der Waals surface area contributed by atoms with Crippen molar-refractivity contribution in [3.8, 4) is 0 Å². The van der Waals surface area contributed by atoms with E-state index in [4.69, 9.17) is 5.21 Å². The van der Waals surface area contributed by atoms with Gasteiger partial charge >= 0.3 is 0 Å². The minimum absolute atomic E-state index is 0.539. The Hall–Kier alpha value is -2.98. The first kappa shape index (κ1) is 15.9. The SMILES string of the molecule is O=C(/C=C/c1ccc(CCc2cnc3ccccc3c2)cc1)NO. The lowest BCUT2D eigenvalue weighted by Gasteiger charge is -2.04. The lowest BCUT2D eigenvalue weighted by atomic mass is 10.0. The smallest absolute Gasteiger partial charge is 0.267 e. The van der Waals surface area contributed by atoms with Gasteiger partial charge in [-0.15, -0.1) is 0 Å². The molecule has 120 valence electrons. The molecule has 3 rings (SSSR count). The summed E-state index contributed by atoms with van der Waals surface area (Å²) in [6, 6.07) is 18.3. The maximum atomic E-state index is 11.0. The number of benzene rings is 2. The first-order chi connectivity index (χ1) is 11.7. The molecule has 1 amide bonds. The van der Waals surface area contributed by atoms with Gasteiger partial charge in [0.15, 0.2) is 0 Å². The van der Waals surface area contributed by atoms with E-state index in [-0.39, 0.29) is 0 Å². The van der Waals surface area contributed by atoms with Gasteiger partial charge in [0.25, 0.3) is 5.91 Å². The zero-order valence-corrected chi connectivity index (χ0v) is 13.1. The fraction of sp³-hybridized carbons (Fsp3) is 0.100. The van der Waals surface area contributed by atoms with E-state index >= 15 is 0 Å². The third-order valence-electron chi connectivity index (χ3n) is 3.87. The molecular formula is C20H18N2O2. The number of nitrogens with one attached hydrogen (secondary N) is 1. The summed E-state index contributed by atoms with van der Waals surface area (Å²) >= 11 is 0. The highest BCUT2D eigenvalue weighted by atomic mass is 16.5. The monoisotopic (exact) mass is 318 g/mol. The van der Waals surface area contributed by atoms with Gasteiger partial charge in [0, 0.05) is 17.7 Å². The Labute approximate surface area is 140 Å². The molecule has 0 spiro atoms. The fourth-order valence-electron chi connectivity index (χ4n) is 2.55. The molecule has 0 saturated carbocycles. The van der Waals surface area contributed by atoms with E-state index in [9.17, 15) is 4.79 Å². The quantitative estimate of drug-likeness (QED) is 0.430. The highest BCUT2D eigenvalue weighted by Crippen LogP contribution is 2.15. The van der Waals surface area contributed by atoms with E-state index < -0.39 is 5.91 Å². The van der Waals surface area contributed by atoms with Crippen molar-refractivity contribution in [2.24, 2.45) is 0 Å². The summed E-state index contributed by atoms with van der Waals surface area (Å²) in [5.41, 5.74) is 5.94. The Morgan fingerprint density at radius 1 is 1.04 bits per heavy atom. The van der Waals surface area contributed by atoms with Crippen LogP contribution in [0, 0.1) is 0 Å². The van der Waals surface area contributed by atoms with Gasteiger partial charge in [-0.2, -0.15) is 0 Å². The Morgan fingerprint density at radius 3 is 2.58 bits per heavy atom. The van der Waals surface area contributed by atoms with Gasteiger partial charge in [-0.3, -0.25) is 15.0 Å². The molecule has 0 bridgehead atoms. The molecule has 0 radical (unpaired) electrons. The molecule has 0 atom stereocenters. The second kappa shape index (κ2) is 7.53. The lowest BCUT2D eigenvalue weighted by Crippen LogP contribution is -2.14. The molecule has 1 heterocycles. The van der Waals surface area contributed by atoms with Gasteiger partial charge in [-0.1, -0.05) is 42.5 Å². The predicted molar refractivity (Wildman–Crippen MR) is 94.6 cm³/mol. The molecule has 4 heteroatoms. The van der Waals surface area contributed by atoms with Crippen LogP contribution < -0.4 is 5.48 Å². The number of fused-ring (bicyclic) bond motifs is 1. The van der Waals surface area contributed by atoms with Gasteiger partial charge < -0.3 is 0 Å². The molecule has 4 nitrogen and oxygen atoms in total. The molecule has 0 aliphatic rings. The van der Waals surface area contributed by atoms with Crippen molar-refractivity contribution < 1.29 is 10.0 Å². The van der Waals surface area contributed by atoms with Crippen molar-refractivity contribution in [3.63, 3.8) is 0 Å². The van der Waals surface area contributed by atoms with E-state index in [1.807, 2.05) is 48.7 Å². The second-order valence-electron chi connectivity index (χ2n) is 5.59. The van der Waals surface area contributed by atoms with Crippen LogP contribution in [0.4, 0.5) is 0 Å². The van der Waals surface area contributed by atoms with Crippen molar-refractivity contribution in [1.29, 1.82) is 0 Å². The molecule has 0 unspecified atom stereocenters. The zero-order valence-electron chi connectivity index (χ0n) is 13.1. The van der Waals surface area contributed by atoms with Crippen molar-refractivity contribution in [3.05, 3.63) is 83.6 Å². The number of carbonyl (C=O) groups excluding carboxylic acids is 1. The topological polar surface area (TPSA) is 62.2 Å². The number of aryl methyl sites for hydroxylation is 2. The number of aromatic nitrogens is 1. The van der Waals surface area contributed by atoms with Crippen LogP contribution in [0.15, 0.2) is 66.9 Å². The zero-order chi connectivity index (χ0) is 16.8. The molecule has 0 fully saturated rings.